The number of aromatic nitrogens is 2. The highest BCUT2D eigenvalue weighted by atomic mass is 16.3. The van der Waals surface area contributed by atoms with Crippen LogP contribution in [-0.2, 0) is 0 Å². The van der Waals surface area contributed by atoms with Crippen molar-refractivity contribution in [1.82, 2.24) is 9.78 Å². The van der Waals surface area contributed by atoms with Crippen LogP contribution in [0.15, 0.2) is 30.5 Å². The molecule has 1 aliphatic rings. The molecule has 0 unspecified atom stereocenters. The van der Waals surface area contributed by atoms with Crippen LogP contribution in [0.5, 0.6) is 5.75 Å². The molecule has 2 aromatic rings. The number of aromatic hydroxyl groups is 1. The van der Waals surface area contributed by atoms with Crippen LogP contribution < -0.4 is 11.1 Å². The van der Waals surface area contributed by atoms with Gasteiger partial charge in [0, 0.05) is 19.0 Å². The highest BCUT2D eigenvalue weighted by Crippen LogP contribution is 2.39. The Morgan fingerprint density at radius 2 is 2.05 bits per heavy atom. The van der Waals surface area contributed by atoms with E-state index < -0.39 is 0 Å². The summed E-state index contributed by atoms with van der Waals surface area (Å²) < 4.78 is 1.88. The van der Waals surface area contributed by atoms with E-state index in [1.165, 1.54) is 31.4 Å². The van der Waals surface area contributed by atoms with Gasteiger partial charge in [0.1, 0.15) is 11.4 Å². The van der Waals surface area contributed by atoms with E-state index in [1.54, 1.807) is 6.07 Å². The number of benzene rings is 1. The molecule has 0 bridgehead atoms. The fourth-order valence-electron chi connectivity index (χ4n) is 3.13. The summed E-state index contributed by atoms with van der Waals surface area (Å²) in [6, 6.07) is 7.34. The first kappa shape index (κ1) is 13.9. The third kappa shape index (κ3) is 2.74. The van der Waals surface area contributed by atoms with E-state index in [-0.39, 0.29) is 5.75 Å². The predicted octanol–water partition coefficient (Wildman–Crippen LogP) is 2.61. The summed E-state index contributed by atoms with van der Waals surface area (Å²) >= 11 is 0. The number of rotatable bonds is 5. The van der Waals surface area contributed by atoms with Gasteiger partial charge < -0.3 is 16.2 Å². The Kier molecular flexibility index (Phi) is 4.10. The first-order valence-electron chi connectivity index (χ1n) is 7.61. The summed E-state index contributed by atoms with van der Waals surface area (Å²) in [6.45, 7) is 1.32. The molecule has 0 atom stereocenters. The van der Waals surface area contributed by atoms with Crippen molar-refractivity contribution in [2.45, 2.75) is 31.6 Å². The topological polar surface area (TPSA) is 76.1 Å². The van der Waals surface area contributed by atoms with E-state index in [2.05, 4.69) is 10.4 Å². The minimum atomic E-state index is 0.255. The van der Waals surface area contributed by atoms with Gasteiger partial charge in [0.25, 0.3) is 0 Å². The van der Waals surface area contributed by atoms with E-state index in [4.69, 9.17) is 5.73 Å². The van der Waals surface area contributed by atoms with Crippen LogP contribution in [0.1, 0.15) is 37.3 Å². The standard InChI is InChI=1S/C16H22N4O/c17-9-10-18-13-11-19-20(14-7-3-4-8-15(14)21)16(13)12-5-1-2-6-12/h3-4,7-8,11-12,18,21H,1-2,5-6,9-10,17H2. The summed E-state index contributed by atoms with van der Waals surface area (Å²) in [5.41, 5.74) is 8.54. The number of phenolic OH excluding ortho intramolecular Hbond substituents is 1. The highest BCUT2D eigenvalue weighted by molar-refractivity contribution is 5.55. The molecular weight excluding hydrogens is 264 g/mol. The van der Waals surface area contributed by atoms with Crippen LogP contribution in [0.3, 0.4) is 0 Å². The number of para-hydroxylation sites is 2. The molecule has 0 aliphatic heterocycles. The maximum Gasteiger partial charge on any atom is 0.141 e. The summed E-state index contributed by atoms with van der Waals surface area (Å²) in [4.78, 5) is 0. The van der Waals surface area contributed by atoms with Crippen molar-refractivity contribution in [2.24, 2.45) is 5.73 Å². The number of hydrogen-bond donors (Lipinski definition) is 3. The molecule has 0 saturated heterocycles. The Labute approximate surface area is 124 Å². The van der Waals surface area contributed by atoms with Gasteiger partial charge in [0.2, 0.25) is 0 Å². The van der Waals surface area contributed by atoms with E-state index in [0.717, 1.165) is 17.9 Å². The van der Waals surface area contributed by atoms with Crippen molar-refractivity contribution < 1.29 is 5.11 Å². The zero-order valence-electron chi connectivity index (χ0n) is 12.1. The average Bonchev–Trinajstić information content (AvgIpc) is 3.14. The number of nitrogens with zero attached hydrogens (tertiary/aromatic N) is 2. The van der Waals surface area contributed by atoms with Crippen molar-refractivity contribution in [3.05, 3.63) is 36.2 Å². The molecule has 5 heteroatoms. The van der Waals surface area contributed by atoms with Crippen LogP contribution in [-0.4, -0.2) is 28.0 Å². The maximum atomic E-state index is 10.1. The molecule has 1 aromatic heterocycles. The Balaban J connectivity index is 2.03. The molecule has 5 nitrogen and oxygen atoms in total. The Bertz CT molecular complexity index is 602. The molecule has 1 heterocycles. The van der Waals surface area contributed by atoms with Gasteiger partial charge in [-0.1, -0.05) is 25.0 Å². The Morgan fingerprint density at radius 3 is 2.76 bits per heavy atom. The Hall–Kier alpha value is -2.01. The number of nitrogens with one attached hydrogen (secondary N) is 1. The van der Waals surface area contributed by atoms with Gasteiger partial charge in [-0.25, -0.2) is 4.68 Å². The van der Waals surface area contributed by atoms with Crippen LogP contribution in [0.2, 0.25) is 0 Å². The molecule has 112 valence electrons. The number of nitrogens with two attached hydrogens (primary N) is 1. The van der Waals surface area contributed by atoms with Gasteiger partial charge in [-0.05, 0) is 25.0 Å². The lowest BCUT2D eigenvalue weighted by Crippen LogP contribution is -2.15. The summed E-state index contributed by atoms with van der Waals surface area (Å²) in [6.07, 6.45) is 6.71. The lowest BCUT2D eigenvalue weighted by Gasteiger charge is -2.16. The van der Waals surface area contributed by atoms with Crippen molar-refractivity contribution in [2.75, 3.05) is 18.4 Å². The third-order valence-corrected chi connectivity index (χ3v) is 4.12. The van der Waals surface area contributed by atoms with Crippen LogP contribution >= 0.6 is 0 Å². The van der Waals surface area contributed by atoms with Crippen LogP contribution in [0, 0.1) is 0 Å². The molecule has 21 heavy (non-hydrogen) atoms. The summed E-state index contributed by atoms with van der Waals surface area (Å²) in [5.74, 6) is 0.748. The lowest BCUT2D eigenvalue weighted by molar-refractivity contribution is 0.468. The van der Waals surface area contributed by atoms with E-state index in [0.29, 0.717) is 12.5 Å². The molecule has 3 rings (SSSR count). The minimum Gasteiger partial charge on any atom is -0.506 e. The Morgan fingerprint density at radius 1 is 1.29 bits per heavy atom. The van der Waals surface area contributed by atoms with Crippen molar-refractivity contribution in [3.8, 4) is 11.4 Å². The van der Waals surface area contributed by atoms with E-state index in [9.17, 15) is 5.11 Å². The minimum absolute atomic E-state index is 0.255. The summed E-state index contributed by atoms with van der Waals surface area (Å²) in [5, 5.41) is 18.0. The first-order chi connectivity index (χ1) is 10.3. The molecule has 4 N–H and O–H groups in total. The molecule has 1 aliphatic carbocycles. The molecule has 0 amide bonds. The second-order valence-electron chi connectivity index (χ2n) is 5.54. The normalized spacial score (nSPS) is 15.5. The zero-order valence-corrected chi connectivity index (χ0v) is 12.1. The van der Waals surface area contributed by atoms with E-state index >= 15 is 0 Å². The van der Waals surface area contributed by atoms with Gasteiger partial charge in [-0.3, -0.25) is 0 Å². The molecule has 0 radical (unpaired) electrons. The maximum absolute atomic E-state index is 10.1. The highest BCUT2D eigenvalue weighted by Gasteiger charge is 2.25. The van der Waals surface area contributed by atoms with E-state index in [1.807, 2.05) is 29.1 Å². The number of anilines is 1. The van der Waals surface area contributed by atoms with Crippen molar-refractivity contribution in [1.29, 1.82) is 0 Å². The molecular formula is C16H22N4O. The molecule has 1 saturated carbocycles. The third-order valence-electron chi connectivity index (χ3n) is 4.12. The smallest absolute Gasteiger partial charge is 0.141 e. The largest absolute Gasteiger partial charge is 0.506 e. The molecule has 0 spiro atoms. The van der Waals surface area contributed by atoms with Crippen LogP contribution in [0.25, 0.3) is 5.69 Å². The number of hydrogen-bond acceptors (Lipinski definition) is 4. The van der Waals surface area contributed by atoms with Gasteiger partial charge in [-0.2, -0.15) is 5.10 Å². The first-order valence-corrected chi connectivity index (χ1v) is 7.61. The van der Waals surface area contributed by atoms with Gasteiger partial charge >= 0.3 is 0 Å². The monoisotopic (exact) mass is 286 g/mol. The SMILES string of the molecule is NCCNc1cnn(-c2ccccc2O)c1C1CCCC1. The van der Waals surface area contributed by atoms with Gasteiger partial charge in [0.15, 0.2) is 0 Å². The quantitative estimate of drug-likeness (QED) is 0.789. The fraction of sp³-hybridized carbons (Fsp3) is 0.438. The second kappa shape index (κ2) is 6.18. The van der Waals surface area contributed by atoms with Crippen molar-refractivity contribution in [3.63, 3.8) is 0 Å². The molecule has 1 fully saturated rings. The number of phenols is 1. The van der Waals surface area contributed by atoms with Gasteiger partial charge in [-0.15, -0.1) is 0 Å². The second-order valence-corrected chi connectivity index (χ2v) is 5.54. The van der Waals surface area contributed by atoms with Gasteiger partial charge in [0.05, 0.1) is 17.6 Å². The summed E-state index contributed by atoms with van der Waals surface area (Å²) in [7, 11) is 0. The van der Waals surface area contributed by atoms with Crippen LogP contribution in [0.4, 0.5) is 5.69 Å². The lowest BCUT2D eigenvalue weighted by atomic mass is 10.0. The fourth-order valence-corrected chi connectivity index (χ4v) is 3.13. The predicted molar refractivity (Wildman–Crippen MR) is 84.0 cm³/mol. The zero-order chi connectivity index (χ0) is 14.7. The molecule has 1 aromatic carbocycles. The average molecular weight is 286 g/mol. The van der Waals surface area contributed by atoms with Crippen molar-refractivity contribution >= 4 is 5.69 Å².